The molecule has 1 aromatic carbocycles. The average molecular weight is 290 g/mol. The van der Waals surface area contributed by atoms with Gasteiger partial charge in [0.05, 0.1) is 4.92 Å². The number of nitro benzene ring substituents is 1. The molecule has 0 aromatic heterocycles. The van der Waals surface area contributed by atoms with Gasteiger partial charge in [0, 0.05) is 63.0 Å². The highest BCUT2D eigenvalue weighted by Crippen LogP contribution is 2.17. The molecule has 0 bridgehead atoms. The van der Waals surface area contributed by atoms with Crippen molar-refractivity contribution in [3.8, 4) is 0 Å². The van der Waals surface area contributed by atoms with Crippen LogP contribution in [0.2, 0.25) is 0 Å². The molecule has 0 spiro atoms. The van der Waals surface area contributed by atoms with E-state index in [1.54, 1.807) is 17.0 Å². The van der Waals surface area contributed by atoms with E-state index in [4.69, 9.17) is 0 Å². The molecular weight excluding hydrogens is 272 g/mol. The molecule has 2 aliphatic heterocycles. The molecule has 2 heterocycles. The van der Waals surface area contributed by atoms with Gasteiger partial charge in [0.2, 0.25) is 0 Å². The van der Waals surface area contributed by atoms with Gasteiger partial charge in [-0.15, -0.1) is 0 Å². The fourth-order valence-electron chi connectivity index (χ4n) is 2.76. The van der Waals surface area contributed by atoms with Crippen LogP contribution in [-0.2, 0) is 0 Å². The smallest absolute Gasteiger partial charge is 0.270 e. The highest BCUT2D eigenvalue weighted by Gasteiger charge is 2.29. The molecular formula is C14H18N4O3. The second-order valence-electron chi connectivity index (χ2n) is 5.45. The number of nitro groups is 1. The normalized spacial score (nSPS) is 20.1. The minimum Gasteiger partial charge on any atom is -0.336 e. The summed E-state index contributed by atoms with van der Waals surface area (Å²) in [5.41, 5.74) is 0.350. The SMILES string of the molecule is O=C(c1cccc([N+](=O)[O-])c1)N1CCN(C2CNC2)CC1. The van der Waals surface area contributed by atoms with Crippen LogP contribution in [0, 0.1) is 10.1 Å². The fourth-order valence-corrected chi connectivity index (χ4v) is 2.76. The Morgan fingerprint density at radius 2 is 1.95 bits per heavy atom. The van der Waals surface area contributed by atoms with Crippen LogP contribution in [0.3, 0.4) is 0 Å². The first-order valence-corrected chi connectivity index (χ1v) is 7.13. The number of hydrogen-bond donors (Lipinski definition) is 1. The topological polar surface area (TPSA) is 78.7 Å². The molecule has 21 heavy (non-hydrogen) atoms. The summed E-state index contributed by atoms with van der Waals surface area (Å²) in [5, 5.41) is 14.0. The largest absolute Gasteiger partial charge is 0.336 e. The van der Waals surface area contributed by atoms with E-state index in [-0.39, 0.29) is 11.6 Å². The Morgan fingerprint density at radius 3 is 2.52 bits per heavy atom. The summed E-state index contributed by atoms with van der Waals surface area (Å²) in [6.45, 7) is 5.15. The number of piperazine rings is 1. The van der Waals surface area contributed by atoms with Gasteiger partial charge >= 0.3 is 0 Å². The monoisotopic (exact) mass is 290 g/mol. The molecule has 2 aliphatic rings. The number of amides is 1. The maximum absolute atomic E-state index is 12.4. The van der Waals surface area contributed by atoms with Crippen LogP contribution in [-0.4, -0.2) is 65.9 Å². The van der Waals surface area contributed by atoms with E-state index < -0.39 is 4.92 Å². The van der Waals surface area contributed by atoms with Gasteiger partial charge in [0.1, 0.15) is 0 Å². The van der Waals surface area contributed by atoms with Crippen molar-refractivity contribution in [1.82, 2.24) is 15.1 Å². The third-order valence-electron chi connectivity index (χ3n) is 4.18. The van der Waals surface area contributed by atoms with Crippen molar-refractivity contribution in [3.05, 3.63) is 39.9 Å². The molecule has 7 nitrogen and oxygen atoms in total. The third-order valence-corrected chi connectivity index (χ3v) is 4.18. The molecule has 1 N–H and O–H groups in total. The number of rotatable bonds is 3. The maximum Gasteiger partial charge on any atom is 0.270 e. The summed E-state index contributed by atoms with van der Waals surface area (Å²) in [7, 11) is 0. The zero-order chi connectivity index (χ0) is 14.8. The van der Waals surface area contributed by atoms with Crippen molar-refractivity contribution in [3.63, 3.8) is 0 Å². The van der Waals surface area contributed by atoms with Gasteiger partial charge in [-0.2, -0.15) is 0 Å². The Bertz CT molecular complexity index is 551. The summed E-state index contributed by atoms with van der Waals surface area (Å²) in [6.07, 6.45) is 0. The fraction of sp³-hybridized carbons (Fsp3) is 0.500. The van der Waals surface area contributed by atoms with E-state index in [0.29, 0.717) is 24.7 Å². The summed E-state index contributed by atoms with van der Waals surface area (Å²) < 4.78 is 0. The van der Waals surface area contributed by atoms with Gasteiger partial charge in [0.25, 0.3) is 11.6 Å². The molecule has 2 saturated heterocycles. The Hall–Kier alpha value is -1.99. The number of nitrogens with one attached hydrogen (secondary N) is 1. The summed E-state index contributed by atoms with van der Waals surface area (Å²) in [5.74, 6) is -0.120. The van der Waals surface area contributed by atoms with Crippen LogP contribution in [0.25, 0.3) is 0 Å². The number of carbonyl (C=O) groups is 1. The molecule has 2 fully saturated rings. The Kier molecular flexibility index (Phi) is 3.85. The van der Waals surface area contributed by atoms with Gasteiger partial charge in [-0.3, -0.25) is 19.8 Å². The quantitative estimate of drug-likeness (QED) is 0.641. The zero-order valence-corrected chi connectivity index (χ0v) is 11.7. The second-order valence-corrected chi connectivity index (χ2v) is 5.45. The van der Waals surface area contributed by atoms with Crippen molar-refractivity contribution in [2.45, 2.75) is 6.04 Å². The highest BCUT2D eigenvalue weighted by molar-refractivity contribution is 5.94. The first kappa shape index (κ1) is 14.0. The van der Waals surface area contributed by atoms with Gasteiger partial charge in [-0.1, -0.05) is 6.07 Å². The lowest BCUT2D eigenvalue weighted by Gasteiger charge is -2.43. The van der Waals surface area contributed by atoms with Gasteiger partial charge < -0.3 is 10.2 Å². The zero-order valence-electron chi connectivity index (χ0n) is 11.7. The minimum atomic E-state index is -0.474. The number of non-ortho nitro benzene ring substituents is 1. The number of benzene rings is 1. The van der Waals surface area contributed by atoms with Crippen molar-refractivity contribution >= 4 is 11.6 Å². The first-order valence-electron chi connectivity index (χ1n) is 7.13. The Balaban J connectivity index is 1.63. The third kappa shape index (κ3) is 2.88. The minimum absolute atomic E-state index is 0.0416. The van der Waals surface area contributed by atoms with Crippen molar-refractivity contribution in [2.24, 2.45) is 0 Å². The van der Waals surface area contributed by atoms with Crippen LogP contribution in [0.5, 0.6) is 0 Å². The predicted octanol–water partition coefficient (Wildman–Crippen LogP) is 0.324. The summed E-state index contributed by atoms with van der Waals surface area (Å²) in [6, 6.07) is 6.54. The predicted molar refractivity (Wildman–Crippen MR) is 77.2 cm³/mol. The lowest BCUT2D eigenvalue weighted by atomic mass is 10.1. The number of carbonyl (C=O) groups excluding carboxylic acids is 1. The van der Waals surface area contributed by atoms with E-state index in [0.717, 1.165) is 26.2 Å². The highest BCUT2D eigenvalue weighted by atomic mass is 16.6. The standard InChI is InChI=1S/C14H18N4O3/c19-14(11-2-1-3-12(8-11)18(20)21)17-6-4-16(5-7-17)13-9-15-10-13/h1-3,8,13,15H,4-7,9-10H2. The van der Waals surface area contributed by atoms with Gasteiger partial charge in [0.15, 0.2) is 0 Å². The van der Waals surface area contributed by atoms with E-state index in [1.807, 2.05) is 0 Å². The second kappa shape index (κ2) is 5.79. The van der Waals surface area contributed by atoms with Crippen LogP contribution in [0.15, 0.2) is 24.3 Å². The first-order chi connectivity index (χ1) is 10.1. The summed E-state index contributed by atoms with van der Waals surface area (Å²) in [4.78, 5) is 26.9. The van der Waals surface area contributed by atoms with E-state index >= 15 is 0 Å². The average Bonchev–Trinajstić information content (AvgIpc) is 2.46. The van der Waals surface area contributed by atoms with Crippen molar-refractivity contribution < 1.29 is 9.72 Å². The summed E-state index contributed by atoms with van der Waals surface area (Å²) >= 11 is 0. The molecule has 112 valence electrons. The van der Waals surface area contributed by atoms with E-state index in [9.17, 15) is 14.9 Å². The molecule has 0 aliphatic carbocycles. The van der Waals surface area contributed by atoms with Crippen LogP contribution in [0.4, 0.5) is 5.69 Å². The van der Waals surface area contributed by atoms with Crippen LogP contribution >= 0.6 is 0 Å². The van der Waals surface area contributed by atoms with Crippen molar-refractivity contribution in [2.75, 3.05) is 39.3 Å². The molecule has 0 saturated carbocycles. The van der Waals surface area contributed by atoms with E-state index in [2.05, 4.69) is 10.2 Å². The lowest BCUT2D eigenvalue weighted by molar-refractivity contribution is -0.384. The van der Waals surface area contributed by atoms with Gasteiger partial charge in [-0.25, -0.2) is 0 Å². The van der Waals surface area contributed by atoms with Gasteiger partial charge in [-0.05, 0) is 6.07 Å². The van der Waals surface area contributed by atoms with Crippen LogP contribution in [0.1, 0.15) is 10.4 Å². The number of hydrogen-bond acceptors (Lipinski definition) is 5. The molecule has 7 heteroatoms. The number of nitrogens with zero attached hydrogens (tertiary/aromatic N) is 3. The molecule has 3 rings (SSSR count). The molecule has 0 atom stereocenters. The lowest BCUT2D eigenvalue weighted by Crippen LogP contribution is -2.62. The maximum atomic E-state index is 12.4. The molecule has 1 amide bonds. The van der Waals surface area contributed by atoms with Crippen LogP contribution < -0.4 is 5.32 Å². The molecule has 0 radical (unpaired) electrons. The van der Waals surface area contributed by atoms with E-state index in [1.165, 1.54) is 12.1 Å². The molecule has 1 aromatic rings. The Morgan fingerprint density at radius 1 is 1.24 bits per heavy atom. The Labute approximate surface area is 122 Å². The molecule has 0 unspecified atom stereocenters. The van der Waals surface area contributed by atoms with Crippen molar-refractivity contribution in [1.29, 1.82) is 0 Å².